The van der Waals surface area contributed by atoms with E-state index >= 15 is 0 Å². The molecule has 2 unspecified atom stereocenters. The van der Waals surface area contributed by atoms with Crippen molar-refractivity contribution in [3.8, 4) is 0 Å². The van der Waals surface area contributed by atoms with Gasteiger partial charge in [-0.3, -0.25) is 9.59 Å². The standard InChI is InChI=1S/C18H22O4/c1-4-21-16(19)18(10-13(2)14(3)11-18)17(20)22-12-15-8-6-5-7-9-15/h5-9,14H,2,4,10-12H2,1,3H3. The molecular formula is C18H22O4. The first-order valence-corrected chi connectivity index (χ1v) is 7.55. The fourth-order valence-corrected chi connectivity index (χ4v) is 2.83. The van der Waals surface area contributed by atoms with Crippen LogP contribution in [0.25, 0.3) is 0 Å². The molecule has 2 atom stereocenters. The SMILES string of the molecule is C=C1CC(C(=O)OCC)(C(=O)OCc2ccccc2)CC1C. The average molecular weight is 302 g/mol. The number of benzene rings is 1. The molecular weight excluding hydrogens is 280 g/mol. The van der Waals surface area contributed by atoms with Gasteiger partial charge in [-0.25, -0.2) is 0 Å². The Hall–Kier alpha value is -2.10. The molecule has 0 radical (unpaired) electrons. The minimum atomic E-state index is -1.23. The Morgan fingerprint density at radius 2 is 1.86 bits per heavy atom. The number of carbonyl (C=O) groups is 2. The van der Waals surface area contributed by atoms with Gasteiger partial charge in [0.15, 0.2) is 5.41 Å². The lowest BCUT2D eigenvalue weighted by molar-refractivity contribution is -0.172. The van der Waals surface area contributed by atoms with Crippen LogP contribution in [0.3, 0.4) is 0 Å². The van der Waals surface area contributed by atoms with Crippen LogP contribution < -0.4 is 0 Å². The summed E-state index contributed by atoms with van der Waals surface area (Å²) in [6.07, 6.45) is 0.707. The third-order valence-corrected chi connectivity index (χ3v) is 4.15. The van der Waals surface area contributed by atoms with E-state index in [4.69, 9.17) is 9.47 Å². The molecule has 1 aliphatic rings. The van der Waals surface area contributed by atoms with Gasteiger partial charge in [-0.15, -0.1) is 0 Å². The molecule has 0 amide bonds. The molecule has 0 N–H and O–H groups in total. The van der Waals surface area contributed by atoms with Gasteiger partial charge >= 0.3 is 11.9 Å². The molecule has 1 saturated carbocycles. The number of hydrogen-bond acceptors (Lipinski definition) is 4. The largest absolute Gasteiger partial charge is 0.465 e. The van der Waals surface area contributed by atoms with Crippen molar-refractivity contribution in [2.45, 2.75) is 33.3 Å². The van der Waals surface area contributed by atoms with Gasteiger partial charge in [0, 0.05) is 0 Å². The van der Waals surface area contributed by atoms with E-state index in [1.54, 1.807) is 6.92 Å². The highest BCUT2D eigenvalue weighted by Gasteiger charge is 2.54. The highest BCUT2D eigenvalue weighted by atomic mass is 16.6. The lowest BCUT2D eigenvalue weighted by atomic mass is 9.85. The van der Waals surface area contributed by atoms with Crippen molar-refractivity contribution in [3.63, 3.8) is 0 Å². The van der Waals surface area contributed by atoms with Crippen LogP contribution in [0.4, 0.5) is 0 Å². The van der Waals surface area contributed by atoms with E-state index in [-0.39, 0.29) is 19.1 Å². The summed E-state index contributed by atoms with van der Waals surface area (Å²) in [6.45, 7) is 8.05. The number of rotatable bonds is 5. The van der Waals surface area contributed by atoms with Crippen LogP contribution in [0.5, 0.6) is 0 Å². The minimum Gasteiger partial charge on any atom is -0.465 e. The lowest BCUT2D eigenvalue weighted by Crippen LogP contribution is -2.40. The fraction of sp³-hybridized carbons (Fsp3) is 0.444. The van der Waals surface area contributed by atoms with Crippen molar-refractivity contribution in [1.82, 2.24) is 0 Å². The third-order valence-electron chi connectivity index (χ3n) is 4.15. The molecule has 0 aromatic heterocycles. The molecule has 1 aromatic carbocycles. The second-order valence-electron chi connectivity index (χ2n) is 5.80. The van der Waals surface area contributed by atoms with Crippen molar-refractivity contribution in [1.29, 1.82) is 0 Å². The summed E-state index contributed by atoms with van der Waals surface area (Å²) in [6, 6.07) is 9.41. The van der Waals surface area contributed by atoms with Gasteiger partial charge in [0.25, 0.3) is 0 Å². The van der Waals surface area contributed by atoms with Gasteiger partial charge in [0.05, 0.1) is 6.61 Å². The Morgan fingerprint density at radius 1 is 1.23 bits per heavy atom. The fourth-order valence-electron chi connectivity index (χ4n) is 2.83. The van der Waals surface area contributed by atoms with E-state index in [0.29, 0.717) is 12.8 Å². The second kappa shape index (κ2) is 6.77. The maximum Gasteiger partial charge on any atom is 0.324 e. The normalized spacial score (nSPS) is 24.1. The summed E-state index contributed by atoms with van der Waals surface area (Å²) >= 11 is 0. The van der Waals surface area contributed by atoms with Gasteiger partial charge in [0.1, 0.15) is 6.61 Å². The zero-order valence-electron chi connectivity index (χ0n) is 13.1. The smallest absolute Gasteiger partial charge is 0.324 e. The van der Waals surface area contributed by atoms with Crippen LogP contribution >= 0.6 is 0 Å². The summed E-state index contributed by atoms with van der Waals surface area (Å²) in [7, 11) is 0. The first-order valence-electron chi connectivity index (χ1n) is 7.55. The van der Waals surface area contributed by atoms with E-state index in [1.165, 1.54) is 0 Å². The van der Waals surface area contributed by atoms with Crippen molar-refractivity contribution in [2.75, 3.05) is 6.61 Å². The molecule has 1 aliphatic carbocycles. The Morgan fingerprint density at radius 3 is 2.41 bits per heavy atom. The highest BCUT2D eigenvalue weighted by Crippen LogP contribution is 2.46. The molecule has 0 spiro atoms. The van der Waals surface area contributed by atoms with Crippen molar-refractivity contribution in [3.05, 3.63) is 48.0 Å². The molecule has 22 heavy (non-hydrogen) atoms. The van der Waals surface area contributed by atoms with E-state index in [2.05, 4.69) is 6.58 Å². The van der Waals surface area contributed by atoms with Crippen molar-refractivity contribution < 1.29 is 19.1 Å². The Kier molecular flexibility index (Phi) is 5.01. The van der Waals surface area contributed by atoms with Crippen LogP contribution in [-0.2, 0) is 25.7 Å². The summed E-state index contributed by atoms with van der Waals surface area (Å²) < 4.78 is 10.5. The van der Waals surface area contributed by atoms with E-state index < -0.39 is 17.4 Å². The van der Waals surface area contributed by atoms with Crippen LogP contribution in [0.15, 0.2) is 42.5 Å². The number of ether oxygens (including phenoxy) is 2. The molecule has 2 rings (SSSR count). The van der Waals surface area contributed by atoms with Gasteiger partial charge in [-0.1, -0.05) is 49.4 Å². The second-order valence-corrected chi connectivity index (χ2v) is 5.80. The van der Waals surface area contributed by atoms with Crippen molar-refractivity contribution in [2.24, 2.45) is 11.3 Å². The number of hydrogen-bond donors (Lipinski definition) is 0. The first kappa shape index (κ1) is 16.3. The van der Waals surface area contributed by atoms with E-state index in [1.807, 2.05) is 37.3 Å². The molecule has 118 valence electrons. The lowest BCUT2D eigenvalue weighted by Gasteiger charge is -2.24. The average Bonchev–Trinajstić information content (AvgIpc) is 2.83. The van der Waals surface area contributed by atoms with Crippen LogP contribution in [0.2, 0.25) is 0 Å². The maximum absolute atomic E-state index is 12.6. The molecule has 1 aromatic rings. The molecule has 4 nitrogen and oxygen atoms in total. The summed E-state index contributed by atoms with van der Waals surface area (Å²) in [5.74, 6) is -0.910. The van der Waals surface area contributed by atoms with E-state index in [9.17, 15) is 9.59 Å². The van der Waals surface area contributed by atoms with Gasteiger partial charge < -0.3 is 9.47 Å². The number of carbonyl (C=O) groups excluding carboxylic acids is 2. The predicted molar refractivity (Wildman–Crippen MR) is 82.8 cm³/mol. The number of allylic oxidation sites excluding steroid dienone is 1. The van der Waals surface area contributed by atoms with Crippen LogP contribution in [0.1, 0.15) is 32.3 Å². The molecule has 0 bridgehead atoms. The Bertz CT molecular complexity index is 564. The quantitative estimate of drug-likeness (QED) is 0.476. The zero-order chi connectivity index (χ0) is 16.2. The van der Waals surface area contributed by atoms with Crippen molar-refractivity contribution >= 4 is 11.9 Å². The highest BCUT2D eigenvalue weighted by molar-refractivity contribution is 6.01. The first-order chi connectivity index (χ1) is 10.5. The van der Waals surface area contributed by atoms with Crippen LogP contribution in [-0.4, -0.2) is 18.5 Å². The van der Waals surface area contributed by atoms with Gasteiger partial charge in [-0.05, 0) is 31.2 Å². The van der Waals surface area contributed by atoms with Gasteiger partial charge in [-0.2, -0.15) is 0 Å². The monoisotopic (exact) mass is 302 g/mol. The molecule has 4 heteroatoms. The molecule has 0 heterocycles. The Balaban J connectivity index is 2.13. The predicted octanol–water partition coefficient (Wildman–Crippen LogP) is 3.27. The topological polar surface area (TPSA) is 52.6 Å². The minimum absolute atomic E-state index is 0.105. The molecule has 0 saturated heterocycles. The van der Waals surface area contributed by atoms with Gasteiger partial charge in [0.2, 0.25) is 0 Å². The number of esters is 2. The summed E-state index contributed by atoms with van der Waals surface area (Å²) in [4.78, 5) is 24.9. The molecule has 1 fully saturated rings. The summed E-state index contributed by atoms with van der Waals surface area (Å²) in [5.41, 5.74) is 0.547. The molecule has 0 aliphatic heterocycles. The summed E-state index contributed by atoms with van der Waals surface area (Å²) in [5, 5.41) is 0. The third kappa shape index (κ3) is 3.21. The zero-order valence-corrected chi connectivity index (χ0v) is 13.1. The maximum atomic E-state index is 12.6. The van der Waals surface area contributed by atoms with E-state index in [0.717, 1.165) is 11.1 Å². The van der Waals surface area contributed by atoms with Crippen LogP contribution in [0, 0.1) is 11.3 Å². The Labute approximate surface area is 131 Å².